The lowest BCUT2D eigenvalue weighted by atomic mass is 9.80. The Morgan fingerprint density at radius 2 is 1.67 bits per heavy atom. The number of Topliss-reactive ketones (excluding diaryl/α,β-unsaturated/α-hetero) is 1. The van der Waals surface area contributed by atoms with Crippen LogP contribution in [-0.2, 0) is 11.2 Å². The molecule has 2 aromatic carbocycles. The highest BCUT2D eigenvalue weighted by molar-refractivity contribution is 6.58. The minimum absolute atomic E-state index is 0.0268. The molecule has 0 fully saturated rings. The number of hydrogen-bond acceptors (Lipinski definition) is 3. The minimum atomic E-state index is -1.51. The third kappa shape index (κ3) is 4.00. The van der Waals surface area contributed by atoms with Gasteiger partial charge in [-0.1, -0.05) is 43.3 Å². The quantitative estimate of drug-likeness (QED) is 0.817. The fraction of sp³-hybridized carbons (Fsp3) is 0.188. The molecule has 1 atom stereocenters. The monoisotopic (exact) mass is 286 g/mol. The summed E-state index contributed by atoms with van der Waals surface area (Å²) in [6.07, 6.45) is 0.250. The van der Waals surface area contributed by atoms with Crippen LogP contribution in [0.25, 0.3) is 0 Å². The van der Waals surface area contributed by atoms with E-state index in [9.17, 15) is 9.18 Å². The molecule has 2 rings (SSSR count). The lowest BCUT2D eigenvalue weighted by Gasteiger charge is -2.11. The second-order valence-electron chi connectivity index (χ2n) is 5.03. The molecule has 0 heterocycles. The SMILES string of the molecule is C[C@@H](C(=O)Cc1ccc(B(O)O)cc1)c1ccc(F)cc1. The molecule has 0 radical (unpaired) electrons. The van der Waals surface area contributed by atoms with Crippen LogP contribution in [0.5, 0.6) is 0 Å². The third-order valence-electron chi connectivity index (χ3n) is 3.51. The molecule has 0 saturated carbocycles. The van der Waals surface area contributed by atoms with Gasteiger partial charge >= 0.3 is 7.12 Å². The Hall–Kier alpha value is -1.98. The Labute approximate surface area is 123 Å². The van der Waals surface area contributed by atoms with E-state index in [1.54, 1.807) is 43.3 Å². The summed E-state index contributed by atoms with van der Waals surface area (Å²) < 4.78 is 12.9. The van der Waals surface area contributed by atoms with Crippen molar-refractivity contribution in [3.8, 4) is 0 Å². The number of halogens is 1. The summed E-state index contributed by atoms with van der Waals surface area (Å²) in [6.45, 7) is 1.79. The van der Waals surface area contributed by atoms with Gasteiger partial charge in [-0.3, -0.25) is 4.79 Å². The highest BCUT2D eigenvalue weighted by atomic mass is 19.1. The molecule has 0 aromatic heterocycles. The molecule has 21 heavy (non-hydrogen) atoms. The van der Waals surface area contributed by atoms with E-state index in [0.29, 0.717) is 5.46 Å². The highest BCUT2D eigenvalue weighted by Gasteiger charge is 2.16. The largest absolute Gasteiger partial charge is 0.488 e. The first kappa shape index (κ1) is 15.4. The molecule has 0 aliphatic heterocycles. The van der Waals surface area contributed by atoms with Crippen molar-refractivity contribution in [1.82, 2.24) is 0 Å². The normalized spacial score (nSPS) is 12.0. The maximum atomic E-state index is 12.9. The zero-order valence-electron chi connectivity index (χ0n) is 11.7. The molecule has 0 saturated heterocycles. The molecule has 5 heteroatoms. The van der Waals surface area contributed by atoms with E-state index >= 15 is 0 Å². The molecule has 3 nitrogen and oxygen atoms in total. The molecule has 2 aromatic rings. The van der Waals surface area contributed by atoms with E-state index in [1.807, 2.05) is 0 Å². The van der Waals surface area contributed by atoms with Crippen molar-refractivity contribution in [3.63, 3.8) is 0 Å². The zero-order chi connectivity index (χ0) is 15.4. The molecular formula is C16H16BFO3. The summed E-state index contributed by atoms with van der Waals surface area (Å²) >= 11 is 0. The maximum absolute atomic E-state index is 12.9. The third-order valence-corrected chi connectivity index (χ3v) is 3.51. The van der Waals surface area contributed by atoms with Crippen LogP contribution in [0.15, 0.2) is 48.5 Å². The Morgan fingerprint density at radius 1 is 1.10 bits per heavy atom. The zero-order valence-corrected chi connectivity index (χ0v) is 11.7. The minimum Gasteiger partial charge on any atom is -0.423 e. The van der Waals surface area contributed by atoms with E-state index in [4.69, 9.17) is 10.0 Å². The Morgan fingerprint density at radius 3 is 2.19 bits per heavy atom. The first-order chi connectivity index (χ1) is 9.97. The van der Waals surface area contributed by atoms with Gasteiger partial charge in [0.05, 0.1) is 0 Å². The fourth-order valence-corrected chi connectivity index (χ4v) is 2.10. The molecular weight excluding hydrogens is 270 g/mol. The number of hydrogen-bond donors (Lipinski definition) is 2. The van der Waals surface area contributed by atoms with Crippen LogP contribution >= 0.6 is 0 Å². The lowest BCUT2D eigenvalue weighted by Crippen LogP contribution is -2.29. The maximum Gasteiger partial charge on any atom is 0.488 e. The van der Waals surface area contributed by atoms with Crippen LogP contribution in [0, 0.1) is 5.82 Å². The van der Waals surface area contributed by atoms with Gasteiger partial charge in [0.2, 0.25) is 0 Å². The van der Waals surface area contributed by atoms with Crippen molar-refractivity contribution >= 4 is 18.4 Å². The van der Waals surface area contributed by atoms with Gasteiger partial charge < -0.3 is 10.0 Å². The van der Waals surface area contributed by atoms with Crippen LogP contribution in [0.3, 0.4) is 0 Å². The van der Waals surface area contributed by atoms with Gasteiger partial charge in [-0.25, -0.2) is 4.39 Å². The predicted octanol–water partition coefficient (Wildman–Crippen LogP) is 1.42. The van der Waals surface area contributed by atoms with Crippen molar-refractivity contribution in [2.45, 2.75) is 19.3 Å². The van der Waals surface area contributed by atoms with Gasteiger partial charge in [0.25, 0.3) is 0 Å². The van der Waals surface area contributed by atoms with E-state index in [1.165, 1.54) is 12.1 Å². The van der Waals surface area contributed by atoms with Crippen molar-refractivity contribution < 1.29 is 19.2 Å². The lowest BCUT2D eigenvalue weighted by molar-refractivity contribution is -0.119. The summed E-state index contributed by atoms with van der Waals surface area (Å²) in [6, 6.07) is 12.5. The van der Waals surface area contributed by atoms with Gasteiger partial charge in [0.15, 0.2) is 0 Å². The van der Waals surface area contributed by atoms with Crippen LogP contribution in [0.2, 0.25) is 0 Å². The number of carbonyl (C=O) groups excluding carboxylic acids is 1. The Balaban J connectivity index is 2.05. The first-order valence-electron chi connectivity index (χ1n) is 6.70. The van der Waals surface area contributed by atoms with Crippen LogP contribution in [-0.4, -0.2) is 22.9 Å². The molecule has 2 N–H and O–H groups in total. The molecule has 108 valence electrons. The summed E-state index contributed by atoms with van der Waals surface area (Å²) in [5.74, 6) is -0.607. The second kappa shape index (κ2) is 6.65. The van der Waals surface area contributed by atoms with Crippen molar-refractivity contribution in [1.29, 1.82) is 0 Å². The predicted molar refractivity (Wildman–Crippen MR) is 79.8 cm³/mol. The smallest absolute Gasteiger partial charge is 0.423 e. The summed E-state index contributed by atoms with van der Waals surface area (Å²) in [5.41, 5.74) is 1.97. The number of rotatable bonds is 5. The average Bonchev–Trinajstić information content (AvgIpc) is 2.47. The number of ketones is 1. The highest BCUT2D eigenvalue weighted by Crippen LogP contribution is 2.18. The number of carbonyl (C=O) groups is 1. The molecule has 0 aliphatic rings. The topological polar surface area (TPSA) is 57.5 Å². The second-order valence-corrected chi connectivity index (χ2v) is 5.03. The average molecular weight is 286 g/mol. The van der Waals surface area contributed by atoms with Gasteiger partial charge in [0.1, 0.15) is 11.6 Å². The summed E-state index contributed by atoms with van der Waals surface area (Å²) in [5, 5.41) is 18.0. The molecule has 0 spiro atoms. The van der Waals surface area contributed by atoms with Crippen molar-refractivity contribution in [3.05, 3.63) is 65.5 Å². The van der Waals surface area contributed by atoms with E-state index in [0.717, 1.165) is 11.1 Å². The molecule has 0 aliphatic carbocycles. The standard InChI is InChI=1S/C16H16BFO3/c1-11(13-4-8-15(18)9-5-13)16(19)10-12-2-6-14(7-3-12)17(20)21/h2-9,11,20-21H,10H2,1H3/t11-/m1/s1. The van der Waals surface area contributed by atoms with Crippen molar-refractivity contribution in [2.24, 2.45) is 0 Å². The van der Waals surface area contributed by atoms with Gasteiger partial charge in [0, 0.05) is 12.3 Å². The van der Waals surface area contributed by atoms with Crippen molar-refractivity contribution in [2.75, 3.05) is 0 Å². The summed E-state index contributed by atoms with van der Waals surface area (Å²) in [7, 11) is -1.51. The van der Waals surface area contributed by atoms with E-state index < -0.39 is 7.12 Å². The molecule has 0 bridgehead atoms. The number of benzene rings is 2. The van der Waals surface area contributed by atoms with Gasteiger partial charge in [-0.05, 0) is 28.7 Å². The molecule has 0 amide bonds. The van der Waals surface area contributed by atoms with Gasteiger partial charge in [-0.15, -0.1) is 0 Å². The molecule has 0 unspecified atom stereocenters. The Bertz CT molecular complexity index is 608. The van der Waals surface area contributed by atoms with E-state index in [-0.39, 0.29) is 23.9 Å². The van der Waals surface area contributed by atoms with E-state index in [2.05, 4.69) is 0 Å². The first-order valence-corrected chi connectivity index (χ1v) is 6.70. The van der Waals surface area contributed by atoms with Crippen LogP contribution in [0.4, 0.5) is 4.39 Å². The van der Waals surface area contributed by atoms with Crippen LogP contribution in [0.1, 0.15) is 24.0 Å². The fourth-order valence-electron chi connectivity index (χ4n) is 2.10. The van der Waals surface area contributed by atoms with Crippen LogP contribution < -0.4 is 5.46 Å². The van der Waals surface area contributed by atoms with Gasteiger partial charge in [-0.2, -0.15) is 0 Å². The Kier molecular flexibility index (Phi) is 4.88. The summed E-state index contributed by atoms with van der Waals surface area (Å²) in [4.78, 5) is 12.2.